The molecular formula is C24H25N7O5S2. The number of carbonyl (C=O) groups excluding carboxylic acids is 2. The number of ether oxygens (including phenoxy) is 2. The van der Waals surface area contributed by atoms with E-state index < -0.39 is 12.0 Å². The average Bonchev–Trinajstić information content (AvgIpc) is 3.34. The molecular weight excluding hydrogens is 530 g/mol. The second kappa shape index (κ2) is 10.9. The zero-order chi connectivity index (χ0) is 26.8. The summed E-state index contributed by atoms with van der Waals surface area (Å²) in [6, 6.07) is 9.01. The van der Waals surface area contributed by atoms with Gasteiger partial charge in [0.1, 0.15) is 11.4 Å². The molecule has 0 unspecified atom stereocenters. The second-order valence-electron chi connectivity index (χ2n) is 8.59. The number of rotatable bonds is 10. The highest BCUT2D eigenvalue weighted by Crippen LogP contribution is 2.42. The second-order valence-corrected chi connectivity index (χ2v) is 10.6. The lowest BCUT2D eigenvalue weighted by atomic mass is 10.0. The molecule has 198 valence electrons. The van der Waals surface area contributed by atoms with E-state index >= 15 is 0 Å². The Balaban J connectivity index is 1.24. The van der Waals surface area contributed by atoms with E-state index in [9.17, 15) is 14.7 Å². The van der Waals surface area contributed by atoms with Crippen LogP contribution in [0.5, 0.6) is 11.5 Å². The van der Waals surface area contributed by atoms with Gasteiger partial charge in [-0.25, -0.2) is 9.25 Å². The first-order chi connectivity index (χ1) is 18.4. The quantitative estimate of drug-likeness (QED) is 0.206. The van der Waals surface area contributed by atoms with Gasteiger partial charge in [0.05, 0.1) is 25.9 Å². The van der Waals surface area contributed by atoms with Crippen molar-refractivity contribution in [2.45, 2.75) is 23.1 Å². The van der Waals surface area contributed by atoms with E-state index in [4.69, 9.17) is 9.47 Å². The lowest BCUT2D eigenvalue weighted by Crippen LogP contribution is -2.68. The Labute approximate surface area is 227 Å². The van der Waals surface area contributed by atoms with Gasteiger partial charge in [-0.1, -0.05) is 11.8 Å². The van der Waals surface area contributed by atoms with Crippen molar-refractivity contribution in [2.75, 3.05) is 31.0 Å². The number of carbonyl (C=O) groups is 2. The maximum atomic E-state index is 13.0. The summed E-state index contributed by atoms with van der Waals surface area (Å²) in [7, 11) is 4.91. The van der Waals surface area contributed by atoms with Gasteiger partial charge in [0.25, 0.3) is 5.91 Å². The zero-order valence-electron chi connectivity index (χ0n) is 20.9. The molecule has 0 spiro atoms. The molecule has 38 heavy (non-hydrogen) atoms. The third-order valence-electron chi connectivity index (χ3n) is 6.22. The van der Waals surface area contributed by atoms with Crippen LogP contribution in [0.2, 0.25) is 0 Å². The van der Waals surface area contributed by atoms with E-state index in [0.29, 0.717) is 40.3 Å². The standard InChI is InChI=1S/C24H25N7O5S2/c1-29-24(26-27-28-29)38-13-15-12-37-22-19(21(32)31(22)20(15)23(33)34)25-16-6-8-30(9-7-16)11-14-4-5-17(35-2)18(10-14)36-3/h4-10,19,22H,11-13H2,1-3H3,(H,33,34)/t19-,22-/m1/s1. The number of carboxylic acid groups (broad SMARTS) is 1. The summed E-state index contributed by atoms with van der Waals surface area (Å²) in [4.78, 5) is 26.3. The molecule has 1 amide bonds. The number of aromatic nitrogens is 5. The normalized spacial score (nSPS) is 18.6. The molecule has 4 heterocycles. The smallest absolute Gasteiger partial charge is 0.253 e. The van der Waals surface area contributed by atoms with Crippen molar-refractivity contribution < 1.29 is 28.7 Å². The third kappa shape index (κ3) is 5.00. The molecule has 0 bridgehead atoms. The minimum Gasteiger partial charge on any atom is -0.543 e. The Morgan fingerprint density at radius 1 is 1.24 bits per heavy atom. The summed E-state index contributed by atoms with van der Waals surface area (Å²) in [6.45, 7) is 0.625. The highest BCUT2D eigenvalue weighted by atomic mass is 32.2. The number of pyridine rings is 1. The number of thioether (sulfide) groups is 2. The molecule has 2 aromatic heterocycles. The molecule has 1 fully saturated rings. The zero-order valence-corrected chi connectivity index (χ0v) is 22.5. The van der Waals surface area contributed by atoms with Crippen molar-refractivity contribution in [2.24, 2.45) is 7.05 Å². The predicted octanol–water partition coefficient (Wildman–Crippen LogP) is 0.0550. The van der Waals surface area contributed by atoms with Gasteiger partial charge in [-0.05, 0) is 34.2 Å². The molecule has 3 aromatic rings. The van der Waals surface area contributed by atoms with Crippen molar-refractivity contribution in [3.63, 3.8) is 0 Å². The Kier molecular flexibility index (Phi) is 7.42. The van der Waals surface area contributed by atoms with Crippen LogP contribution >= 0.6 is 23.5 Å². The molecule has 0 aliphatic carbocycles. The van der Waals surface area contributed by atoms with Gasteiger partial charge in [-0.15, -0.1) is 16.9 Å². The van der Waals surface area contributed by atoms with Crippen molar-refractivity contribution in [1.29, 1.82) is 0 Å². The van der Waals surface area contributed by atoms with E-state index in [1.54, 1.807) is 21.3 Å². The van der Waals surface area contributed by atoms with Crippen molar-refractivity contribution >= 4 is 41.1 Å². The number of aliphatic carboxylic acids is 1. The number of tetrazole rings is 1. The van der Waals surface area contributed by atoms with Crippen LogP contribution in [-0.4, -0.2) is 74.1 Å². The molecule has 2 aliphatic rings. The Bertz CT molecular complexity index is 1400. The molecule has 2 aliphatic heterocycles. The maximum Gasteiger partial charge on any atom is 0.253 e. The first kappa shape index (κ1) is 25.9. The van der Waals surface area contributed by atoms with Crippen molar-refractivity contribution in [3.05, 3.63) is 59.6 Å². The number of benzene rings is 1. The van der Waals surface area contributed by atoms with Crippen LogP contribution < -0.4 is 24.5 Å². The number of amides is 1. The topological polar surface area (TPSA) is 138 Å². The largest absolute Gasteiger partial charge is 0.543 e. The van der Waals surface area contributed by atoms with Crippen LogP contribution in [0.25, 0.3) is 0 Å². The summed E-state index contributed by atoms with van der Waals surface area (Å²) in [5, 5.41) is 26.7. The van der Waals surface area contributed by atoms with Crippen LogP contribution in [0.15, 0.2) is 59.2 Å². The summed E-state index contributed by atoms with van der Waals surface area (Å²) < 4.78 is 14.2. The van der Waals surface area contributed by atoms with Crippen molar-refractivity contribution in [3.8, 4) is 11.5 Å². The lowest BCUT2D eigenvalue weighted by molar-refractivity contribution is -0.688. The van der Waals surface area contributed by atoms with Crippen LogP contribution in [-0.2, 0) is 23.2 Å². The molecule has 5 rings (SSSR count). The van der Waals surface area contributed by atoms with E-state index in [1.807, 2.05) is 47.3 Å². The van der Waals surface area contributed by atoms with Crippen LogP contribution in [0.3, 0.4) is 0 Å². The Morgan fingerprint density at radius 3 is 2.66 bits per heavy atom. The third-order valence-corrected chi connectivity index (χ3v) is 8.66. The minimum absolute atomic E-state index is 0.0553. The SMILES string of the molecule is COc1ccc(C[n+]2ccc(N[C@@H]3C(=O)N4C(C(=O)[O-])=C(CSc5nnnn5C)CS[C@H]34)cc2)cc1OC. The van der Waals surface area contributed by atoms with Crippen LogP contribution in [0.4, 0.5) is 5.69 Å². The number of nitrogens with zero attached hydrogens (tertiary/aromatic N) is 6. The number of anilines is 1. The van der Waals surface area contributed by atoms with Gasteiger partial charge in [-0.3, -0.25) is 9.69 Å². The van der Waals surface area contributed by atoms with Gasteiger partial charge in [-0.2, -0.15) is 0 Å². The fourth-order valence-electron chi connectivity index (χ4n) is 4.31. The van der Waals surface area contributed by atoms with Crippen LogP contribution in [0, 0.1) is 0 Å². The van der Waals surface area contributed by atoms with Gasteiger partial charge >= 0.3 is 0 Å². The highest BCUT2D eigenvalue weighted by molar-refractivity contribution is 8.01. The van der Waals surface area contributed by atoms with Crippen LogP contribution in [0.1, 0.15) is 5.56 Å². The first-order valence-corrected chi connectivity index (χ1v) is 13.6. The van der Waals surface area contributed by atoms with Gasteiger partial charge in [0.2, 0.25) is 5.16 Å². The van der Waals surface area contributed by atoms with Gasteiger partial charge in [0.15, 0.2) is 30.4 Å². The number of carboxylic acids is 1. The Morgan fingerprint density at radius 2 is 2.00 bits per heavy atom. The highest BCUT2D eigenvalue weighted by Gasteiger charge is 2.52. The maximum absolute atomic E-state index is 13.0. The monoisotopic (exact) mass is 555 g/mol. The number of β-lactam (4-membered cyclic amide) rings is 1. The molecule has 1 N–H and O–H groups in total. The molecule has 2 atom stereocenters. The molecule has 1 saturated heterocycles. The number of aryl methyl sites for hydroxylation is 1. The summed E-state index contributed by atoms with van der Waals surface area (Å²) >= 11 is 2.83. The number of nitrogens with one attached hydrogen (secondary N) is 1. The average molecular weight is 556 g/mol. The number of hydrogen-bond acceptors (Lipinski definition) is 11. The minimum atomic E-state index is -1.36. The molecule has 14 heteroatoms. The fourth-order valence-corrected chi connectivity index (χ4v) is 6.64. The predicted molar refractivity (Wildman–Crippen MR) is 137 cm³/mol. The summed E-state index contributed by atoms with van der Waals surface area (Å²) in [5.74, 6) is 0.493. The first-order valence-electron chi connectivity index (χ1n) is 11.6. The number of fused-ring (bicyclic) bond motifs is 1. The molecule has 0 saturated carbocycles. The van der Waals surface area contributed by atoms with E-state index in [2.05, 4.69) is 20.8 Å². The summed E-state index contributed by atoms with van der Waals surface area (Å²) in [6.07, 6.45) is 3.83. The molecule has 12 nitrogen and oxygen atoms in total. The van der Waals surface area contributed by atoms with Gasteiger partial charge in [0, 0.05) is 41.9 Å². The lowest BCUT2D eigenvalue weighted by Gasteiger charge is -2.51. The van der Waals surface area contributed by atoms with E-state index in [1.165, 1.54) is 33.1 Å². The fraction of sp³-hybridized carbons (Fsp3) is 0.333. The van der Waals surface area contributed by atoms with Crippen molar-refractivity contribution in [1.82, 2.24) is 25.1 Å². The molecule has 0 radical (unpaired) electrons. The Hall–Kier alpha value is -3.78. The summed E-state index contributed by atoms with van der Waals surface area (Å²) in [5.41, 5.74) is 2.37. The molecule has 1 aromatic carbocycles. The van der Waals surface area contributed by atoms with E-state index in [-0.39, 0.29) is 17.0 Å². The number of hydrogen-bond donors (Lipinski definition) is 1. The number of methoxy groups -OCH3 is 2. The van der Waals surface area contributed by atoms with Gasteiger partial charge < -0.3 is 24.7 Å². The van der Waals surface area contributed by atoms with E-state index in [0.717, 1.165) is 11.3 Å².